The van der Waals surface area contributed by atoms with Crippen molar-refractivity contribution >= 4 is 11.9 Å². The van der Waals surface area contributed by atoms with Crippen LogP contribution in [-0.2, 0) is 9.59 Å². The van der Waals surface area contributed by atoms with E-state index in [0.29, 0.717) is 17.8 Å². The molecule has 0 saturated heterocycles. The SMILES string of the molecule is CC1CCC(C)[C@H]([C@H](CC(=O)N(C)C)C(=O)O)C1C. The maximum atomic E-state index is 11.9. The smallest absolute Gasteiger partial charge is 0.307 e. The first-order chi connectivity index (χ1) is 8.75. The zero-order chi connectivity index (χ0) is 14.7. The van der Waals surface area contributed by atoms with E-state index in [2.05, 4.69) is 20.8 Å². The van der Waals surface area contributed by atoms with Gasteiger partial charge < -0.3 is 10.0 Å². The molecule has 0 radical (unpaired) electrons. The lowest BCUT2D eigenvalue weighted by Gasteiger charge is -2.42. The monoisotopic (exact) mass is 269 g/mol. The first-order valence-electron chi connectivity index (χ1n) is 7.18. The van der Waals surface area contributed by atoms with Crippen molar-refractivity contribution in [1.29, 1.82) is 0 Å². The van der Waals surface area contributed by atoms with Crippen molar-refractivity contribution in [3.63, 3.8) is 0 Å². The minimum absolute atomic E-state index is 0.0926. The first kappa shape index (κ1) is 16.0. The summed E-state index contributed by atoms with van der Waals surface area (Å²) < 4.78 is 0. The summed E-state index contributed by atoms with van der Waals surface area (Å²) in [4.78, 5) is 24.9. The van der Waals surface area contributed by atoms with Gasteiger partial charge in [-0.15, -0.1) is 0 Å². The fourth-order valence-corrected chi connectivity index (χ4v) is 3.40. The number of nitrogens with zero attached hydrogens (tertiary/aromatic N) is 1. The summed E-state index contributed by atoms with van der Waals surface area (Å²) in [5.41, 5.74) is 0. The van der Waals surface area contributed by atoms with Crippen LogP contribution in [0.1, 0.15) is 40.0 Å². The Hall–Kier alpha value is -1.06. The molecule has 0 aliphatic heterocycles. The van der Waals surface area contributed by atoms with Gasteiger partial charge in [-0.05, 0) is 23.7 Å². The third kappa shape index (κ3) is 3.71. The van der Waals surface area contributed by atoms with Crippen LogP contribution in [0.25, 0.3) is 0 Å². The van der Waals surface area contributed by atoms with Gasteiger partial charge in [-0.3, -0.25) is 9.59 Å². The van der Waals surface area contributed by atoms with Crippen molar-refractivity contribution in [2.45, 2.75) is 40.0 Å². The van der Waals surface area contributed by atoms with Crippen LogP contribution in [-0.4, -0.2) is 36.0 Å². The van der Waals surface area contributed by atoms with E-state index in [9.17, 15) is 14.7 Å². The molecular formula is C15H27NO3. The highest BCUT2D eigenvalue weighted by Crippen LogP contribution is 2.43. The normalized spacial score (nSPS) is 32.7. The van der Waals surface area contributed by atoms with E-state index < -0.39 is 11.9 Å². The fourth-order valence-electron chi connectivity index (χ4n) is 3.40. The average Bonchev–Trinajstić information content (AvgIpc) is 2.32. The van der Waals surface area contributed by atoms with Crippen molar-refractivity contribution in [2.24, 2.45) is 29.6 Å². The molecule has 1 aliphatic carbocycles. The molecule has 1 fully saturated rings. The van der Waals surface area contributed by atoms with E-state index in [-0.39, 0.29) is 18.2 Å². The molecule has 4 heteroatoms. The summed E-state index contributed by atoms with van der Waals surface area (Å²) in [7, 11) is 3.36. The summed E-state index contributed by atoms with van der Waals surface area (Å²) in [5, 5.41) is 9.51. The maximum Gasteiger partial charge on any atom is 0.307 e. The number of aliphatic carboxylic acids is 1. The molecule has 5 atom stereocenters. The summed E-state index contributed by atoms with van der Waals surface area (Å²) in [6.07, 6.45) is 2.34. The van der Waals surface area contributed by atoms with E-state index in [1.165, 1.54) is 4.90 Å². The van der Waals surface area contributed by atoms with Crippen LogP contribution in [0, 0.1) is 29.6 Å². The molecule has 19 heavy (non-hydrogen) atoms. The quantitative estimate of drug-likeness (QED) is 0.853. The molecule has 0 aromatic rings. The second-order valence-electron chi connectivity index (χ2n) is 6.41. The Morgan fingerprint density at radius 1 is 1.16 bits per heavy atom. The lowest BCUT2D eigenvalue weighted by atomic mass is 9.63. The van der Waals surface area contributed by atoms with Gasteiger partial charge in [0.2, 0.25) is 5.91 Å². The molecule has 0 aromatic carbocycles. The predicted octanol–water partition coefficient (Wildman–Crippen LogP) is 2.48. The molecule has 1 aliphatic rings. The van der Waals surface area contributed by atoms with Crippen molar-refractivity contribution in [3.05, 3.63) is 0 Å². The van der Waals surface area contributed by atoms with Gasteiger partial charge >= 0.3 is 5.97 Å². The Morgan fingerprint density at radius 2 is 1.68 bits per heavy atom. The highest BCUT2D eigenvalue weighted by atomic mass is 16.4. The van der Waals surface area contributed by atoms with Crippen LogP contribution < -0.4 is 0 Å². The molecule has 0 aromatic heterocycles. The zero-order valence-corrected chi connectivity index (χ0v) is 12.7. The molecular weight excluding hydrogens is 242 g/mol. The number of amides is 1. The Kier molecular flexibility index (Phi) is 5.39. The van der Waals surface area contributed by atoms with Gasteiger partial charge in [-0.25, -0.2) is 0 Å². The number of hydrogen-bond donors (Lipinski definition) is 1. The van der Waals surface area contributed by atoms with Gasteiger partial charge in [0.25, 0.3) is 0 Å². The minimum Gasteiger partial charge on any atom is -0.481 e. The third-order valence-corrected chi connectivity index (χ3v) is 4.91. The second kappa shape index (κ2) is 6.40. The molecule has 1 N–H and O–H groups in total. The lowest BCUT2D eigenvalue weighted by molar-refractivity contribution is -0.150. The number of carboxylic acid groups (broad SMARTS) is 1. The van der Waals surface area contributed by atoms with Gasteiger partial charge in [0.1, 0.15) is 0 Å². The van der Waals surface area contributed by atoms with Crippen LogP contribution in [0.3, 0.4) is 0 Å². The van der Waals surface area contributed by atoms with E-state index in [4.69, 9.17) is 0 Å². The van der Waals surface area contributed by atoms with E-state index >= 15 is 0 Å². The molecule has 110 valence electrons. The number of carbonyl (C=O) groups excluding carboxylic acids is 1. The minimum atomic E-state index is -0.826. The fraction of sp³-hybridized carbons (Fsp3) is 0.867. The number of hydrogen-bond acceptors (Lipinski definition) is 2. The highest BCUT2D eigenvalue weighted by molar-refractivity contribution is 5.82. The molecule has 0 heterocycles. The van der Waals surface area contributed by atoms with Gasteiger partial charge in [-0.2, -0.15) is 0 Å². The third-order valence-electron chi connectivity index (χ3n) is 4.91. The number of rotatable bonds is 4. The van der Waals surface area contributed by atoms with Crippen LogP contribution >= 0.6 is 0 Å². The summed E-state index contributed by atoms with van der Waals surface area (Å²) >= 11 is 0. The number of carbonyl (C=O) groups is 2. The zero-order valence-electron chi connectivity index (χ0n) is 12.7. The predicted molar refractivity (Wildman–Crippen MR) is 74.7 cm³/mol. The maximum absolute atomic E-state index is 11.9. The van der Waals surface area contributed by atoms with Crippen LogP contribution in [0.4, 0.5) is 0 Å². The van der Waals surface area contributed by atoms with E-state index in [1.54, 1.807) is 14.1 Å². The first-order valence-corrected chi connectivity index (χ1v) is 7.18. The van der Waals surface area contributed by atoms with Gasteiger partial charge in [-0.1, -0.05) is 33.6 Å². The van der Waals surface area contributed by atoms with Gasteiger partial charge in [0.15, 0.2) is 0 Å². The van der Waals surface area contributed by atoms with Crippen LogP contribution in [0.2, 0.25) is 0 Å². The Balaban J connectivity index is 2.90. The topological polar surface area (TPSA) is 57.6 Å². The summed E-state index contributed by atoms with van der Waals surface area (Å²) in [5.74, 6) is -0.0922. The molecule has 0 bridgehead atoms. The van der Waals surface area contributed by atoms with Crippen molar-refractivity contribution in [3.8, 4) is 0 Å². The molecule has 1 saturated carbocycles. The number of carboxylic acids is 1. The van der Waals surface area contributed by atoms with Gasteiger partial charge in [0, 0.05) is 20.5 Å². The van der Waals surface area contributed by atoms with Gasteiger partial charge in [0.05, 0.1) is 5.92 Å². The summed E-state index contributed by atoms with van der Waals surface area (Å²) in [6.45, 7) is 6.46. The largest absolute Gasteiger partial charge is 0.481 e. The Morgan fingerprint density at radius 3 is 2.16 bits per heavy atom. The van der Waals surface area contributed by atoms with Crippen LogP contribution in [0.15, 0.2) is 0 Å². The molecule has 1 amide bonds. The van der Waals surface area contributed by atoms with Crippen molar-refractivity contribution in [1.82, 2.24) is 4.90 Å². The Bertz CT molecular complexity index is 340. The average molecular weight is 269 g/mol. The highest BCUT2D eigenvalue weighted by Gasteiger charge is 2.41. The standard InChI is InChI=1S/C15H27NO3/c1-9-6-7-10(2)14(11(9)3)12(15(18)19)8-13(17)16(4)5/h9-12,14H,6-8H2,1-5H3,(H,18,19)/t9?,10?,11?,12-,14-/m0/s1. The summed E-state index contributed by atoms with van der Waals surface area (Å²) in [6, 6.07) is 0. The molecule has 4 nitrogen and oxygen atoms in total. The molecule has 1 rings (SSSR count). The van der Waals surface area contributed by atoms with Crippen molar-refractivity contribution in [2.75, 3.05) is 14.1 Å². The van der Waals surface area contributed by atoms with E-state index in [0.717, 1.165) is 12.8 Å². The van der Waals surface area contributed by atoms with E-state index in [1.807, 2.05) is 0 Å². The lowest BCUT2D eigenvalue weighted by Crippen LogP contribution is -2.41. The van der Waals surface area contributed by atoms with Crippen LogP contribution in [0.5, 0.6) is 0 Å². The van der Waals surface area contributed by atoms with Crippen molar-refractivity contribution < 1.29 is 14.7 Å². The second-order valence-corrected chi connectivity index (χ2v) is 6.41. The molecule has 0 spiro atoms. The Labute approximate surface area is 116 Å². The molecule has 3 unspecified atom stereocenters.